The fourth-order valence-corrected chi connectivity index (χ4v) is 1.84. The highest BCUT2D eigenvalue weighted by Crippen LogP contribution is 2.22. The van der Waals surface area contributed by atoms with E-state index in [1.165, 1.54) is 6.33 Å². The maximum Gasteiger partial charge on any atom is 0.243 e. The number of carbonyl (C=O) groups excluding carboxylic acids is 1. The van der Waals surface area contributed by atoms with Gasteiger partial charge in [-0.05, 0) is 24.3 Å². The minimum Gasteiger partial charge on any atom is -0.382 e. The van der Waals surface area contributed by atoms with Gasteiger partial charge in [-0.2, -0.15) is 0 Å². The Hall–Kier alpha value is -1.86. The first-order chi connectivity index (χ1) is 9.56. The van der Waals surface area contributed by atoms with E-state index >= 15 is 0 Å². The van der Waals surface area contributed by atoms with Crippen molar-refractivity contribution in [3.63, 3.8) is 0 Å². The minimum atomic E-state index is -0.222. The van der Waals surface area contributed by atoms with E-state index in [-0.39, 0.29) is 23.3 Å². The number of nitrogen functional groups attached to an aromatic ring is 1. The number of amides is 1. The van der Waals surface area contributed by atoms with E-state index in [0.717, 1.165) is 4.47 Å². The summed E-state index contributed by atoms with van der Waals surface area (Å²) in [5.41, 5.74) is 6.24. The van der Waals surface area contributed by atoms with Crippen LogP contribution in [0.2, 0.25) is 5.02 Å². The third-order valence-corrected chi connectivity index (χ3v) is 3.26. The number of nitrogens with zero attached hydrogens (tertiary/aromatic N) is 2. The number of carbonyl (C=O) groups is 1. The lowest BCUT2D eigenvalue weighted by atomic mass is 10.3. The lowest BCUT2D eigenvalue weighted by Gasteiger charge is -2.09. The molecule has 0 saturated carbocycles. The van der Waals surface area contributed by atoms with Crippen LogP contribution in [-0.4, -0.2) is 22.4 Å². The van der Waals surface area contributed by atoms with Gasteiger partial charge in [-0.25, -0.2) is 9.97 Å². The smallest absolute Gasteiger partial charge is 0.243 e. The molecule has 8 heteroatoms. The monoisotopic (exact) mass is 355 g/mol. The molecule has 0 aliphatic rings. The van der Waals surface area contributed by atoms with Crippen LogP contribution in [0.3, 0.4) is 0 Å². The second kappa shape index (κ2) is 6.53. The van der Waals surface area contributed by atoms with Gasteiger partial charge in [0.2, 0.25) is 5.91 Å². The van der Waals surface area contributed by atoms with Gasteiger partial charge in [0.05, 0.1) is 6.54 Å². The van der Waals surface area contributed by atoms with Gasteiger partial charge in [0.15, 0.2) is 5.82 Å². The molecule has 0 aliphatic carbocycles. The number of rotatable bonds is 4. The summed E-state index contributed by atoms with van der Waals surface area (Å²) in [5.74, 6) is 0.267. The predicted octanol–water partition coefficient (Wildman–Crippen LogP) is 2.53. The standard InChI is InChI=1S/C12H11BrClN5O/c13-7-1-3-8(4-2-7)19-9(20)5-16-12-10(14)11(15)17-6-18-12/h1-4,6H,5H2,(H,19,20)(H3,15,16,17,18). The van der Waals surface area contributed by atoms with Gasteiger partial charge in [-0.3, -0.25) is 4.79 Å². The third kappa shape index (κ3) is 3.82. The third-order valence-electron chi connectivity index (χ3n) is 2.36. The Bertz CT molecular complexity index is 620. The molecule has 2 aromatic rings. The highest BCUT2D eigenvalue weighted by molar-refractivity contribution is 9.10. The zero-order chi connectivity index (χ0) is 14.5. The summed E-state index contributed by atoms with van der Waals surface area (Å²) in [4.78, 5) is 19.4. The Kier molecular flexibility index (Phi) is 4.75. The highest BCUT2D eigenvalue weighted by atomic mass is 79.9. The molecule has 0 bridgehead atoms. The Morgan fingerprint density at radius 2 is 2.00 bits per heavy atom. The highest BCUT2D eigenvalue weighted by Gasteiger charge is 2.08. The van der Waals surface area contributed by atoms with Crippen LogP contribution in [0.15, 0.2) is 35.1 Å². The van der Waals surface area contributed by atoms with E-state index in [0.29, 0.717) is 11.5 Å². The van der Waals surface area contributed by atoms with Gasteiger partial charge in [0.1, 0.15) is 17.2 Å². The van der Waals surface area contributed by atoms with Crippen molar-refractivity contribution in [2.24, 2.45) is 0 Å². The van der Waals surface area contributed by atoms with E-state index in [4.69, 9.17) is 17.3 Å². The van der Waals surface area contributed by atoms with E-state index in [9.17, 15) is 4.79 Å². The zero-order valence-corrected chi connectivity index (χ0v) is 12.6. The second-order valence-corrected chi connectivity index (χ2v) is 5.12. The number of aromatic nitrogens is 2. The van der Waals surface area contributed by atoms with Gasteiger partial charge in [0, 0.05) is 10.2 Å². The lowest BCUT2D eigenvalue weighted by molar-refractivity contribution is -0.114. The van der Waals surface area contributed by atoms with Crippen molar-refractivity contribution in [1.29, 1.82) is 0 Å². The first kappa shape index (κ1) is 14.5. The molecule has 6 nitrogen and oxygen atoms in total. The average Bonchev–Trinajstić information content (AvgIpc) is 2.43. The minimum absolute atomic E-state index is 0.0201. The van der Waals surface area contributed by atoms with Crippen molar-refractivity contribution < 1.29 is 4.79 Å². The zero-order valence-electron chi connectivity index (χ0n) is 10.2. The first-order valence-corrected chi connectivity index (χ1v) is 6.78. The molecular weight excluding hydrogens is 346 g/mol. The van der Waals surface area contributed by atoms with Crippen LogP contribution in [0.1, 0.15) is 0 Å². The average molecular weight is 357 g/mol. The van der Waals surface area contributed by atoms with Gasteiger partial charge in [-0.15, -0.1) is 0 Å². The molecule has 0 atom stereocenters. The summed E-state index contributed by atoms with van der Waals surface area (Å²) in [6, 6.07) is 7.26. The Morgan fingerprint density at radius 3 is 2.70 bits per heavy atom. The summed E-state index contributed by atoms with van der Waals surface area (Å²) < 4.78 is 0.942. The van der Waals surface area contributed by atoms with Crippen LogP contribution in [0.4, 0.5) is 17.3 Å². The van der Waals surface area contributed by atoms with Crippen LogP contribution < -0.4 is 16.4 Å². The quantitative estimate of drug-likeness (QED) is 0.783. The molecule has 1 amide bonds. The van der Waals surface area contributed by atoms with Crippen LogP contribution >= 0.6 is 27.5 Å². The molecule has 20 heavy (non-hydrogen) atoms. The molecule has 0 fully saturated rings. The predicted molar refractivity (Wildman–Crippen MR) is 82.7 cm³/mol. The van der Waals surface area contributed by atoms with Crippen LogP contribution in [0, 0.1) is 0 Å². The van der Waals surface area contributed by atoms with Crippen molar-refractivity contribution in [2.75, 3.05) is 22.9 Å². The fraction of sp³-hybridized carbons (Fsp3) is 0.0833. The van der Waals surface area contributed by atoms with Crippen molar-refractivity contribution >= 4 is 50.8 Å². The van der Waals surface area contributed by atoms with Crippen LogP contribution in [-0.2, 0) is 4.79 Å². The van der Waals surface area contributed by atoms with Crippen LogP contribution in [0.5, 0.6) is 0 Å². The molecule has 0 saturated heterocycles. The molecule has 1 heterocycles. The molecule has 0 spiro atoms. The molecule has 2 rings (SSSR count). The number of nitrogens with two attached hydrogens (primary N) is 1. The number of halogens is 2. The summed E-state index contributed by atoms with van der Waals surface area (Å²) in [7, 11) is 0. The summed E-state index contributed by atoms with van der Waals surface area (Å²) in [5, 5.41) is 5.73. The molecule has 104 valence electrons. The summed E-state index contributed by atoms with van der Waals surface area (Å²) in [6.07, 6.45) is 1.27. The second-order valence-electron chi connectivity index (χ2n) is 3.83. The molecular formula is C12H11BrClN5O. The first-order valence-electron chi connectivity index (χ1n) is 5.61. The van der Waals surface area contributed by atoms with Crippen molar-refractivity contribution in [3.05, 3.63) is 40.1 Å². The topological polar surface area (TPSA) is 92.9 Å². The molecule has 0 aliphatic heterocycles. The number of nitrogens with one attached hydrogen (secondary N) is 2. The van der Waals surface area contributed by atoms with E-state index in [1.54, 1.807) is 12.1 Å². The SMILES string of the molecule is Nc1ncnc(NCC(=O)Nc2ccc(Br)cc2)c1Cl. The lowest BCUT2D eigenvalue weighted by Crippen LogP contribution is -2.22. The van der Waals surface area contributed by atoms with Gasteiger partial charge in [0.25, 0.3) is 0 Å². The normalized spacial score (nSPS) is 10.1. The molecule has 0 unspecified atom stereocenters. The van der Waals surface area contributed by atoms with Crippen molar-refractivity contribution in [2.45, 2.75) is 0 Å². The number of hydrogen-bond donors (Lipinski definition) is 3. The summed E-state index contributed by atoms with van der Waals surface area (Å²) >= 11 is 9.23. The fourth-order valence-electron chi connectivity index (χ4n) is 1.41. The Balaban J connectivity index is 1.92. The number of anilines is 3. The van der Waals surface area contributed by atoms with Gasteiger partial charge < -0.3 is 16.4 Å². The molecule has 1 aromatic carbocycles. The Labute approximate surface area is 128 Å². The van der Waals surface area contributed by atoms with Crippen molar-refractivity contribution in [3.8, 4) is 0 Å². The number of hydrogen-bond acceptors (Lipinski definition) is 5. The number of benzene rings is 1. The maximum atomic E-state index is 11.8. The molecule has 1 aromatic heterocycles. The van der Waals surface area contributed by atoms with Gasteiger partial charge in [-0.1, -0.05) is 27.5 Å². The van der Waals surface area contributed by atoms with E-state index < -0.39 is 0 Å². The molecule has 4 N–H and O–H groups in total. The molecule has 0 radical (unpaired) electrons. The van der Waals surface area contributed by atoms with Crippen molar-refractivity contribution in [1.82, 2.24) is 9.97 Å². The summed E-state index contributed by atoms with van der Waals surface area (Å²) in [6.45, 7) is 0.0201. The van der Waals surface area contributed by atoms with Gasteiger partial charge >= 0.3 is 0 Å². The largest absolute Gasteiger partial charge is 0.382 e. The van der Waals surface area contributed by atoms with E-state index in [1.807, 2.05) is 12.1 Å². The maximum absolute atomic E-state index is 11.8. The van der Waals surface area contributed by atoms with E-state index in [2.05, 4.69) is 36.5 Å². The van der Waals surface area contributed by atoms with Crippen LogP contribution in [0.25, 0.3) is 0 Å². The Morgan fingerprint density at radius 1 is 1.30 bits per heavy atom.